The molecule has 0 bridgehead atoms. The predicted molar refractivity (Wildman–Crippen MR) is 91.3 cm³/mol. The molecule has 1 atom stereocenters. The number of hydrogen-bond acceptors (Lipinski definition) is 5. The molecule has 126 valence electrons. The number of carbonyl (C=O) groups excluding carboxylic acids is 1. The molecule has 0 aromatic heterocycles. The molecule has 1 amide bonds. The van der Waals surface area contributed by atoms with Gasteiger partial charge in [0.05, 0.1) is 18.1 Å². The molecule has 3 N–H and O–H groups in total. The molecule has 7 nitrogen and oxygen atoms in total. The van der Waals surface area contributed by atoms with Crippen molar-refractivity contribution in [3.05, 3.63) is 63.7 Å². The van der Waals surface area contributed by atoms with Gasteiger partial charge in [-0.25, -0.2) is 0 Å². The van der Waals surface area contributed by atoms with Gasteiger partial charge >= 0.3 is 0 Å². The zero-order valence-electron chi connectivity index (χ0n) is 13.5. The molecule has 0 spiro atoms. The Labute approximate surface area is 139 Å². The number of nitrogens with two attached hydrogens (primary N) is 1. The molecule has 0 radical (unpaired) electrons. The summed E-state index contributed by atoms with van der Waals surface area (Å²) in [6.07, 6.45) is 0.723. The van der Waals surface area contributed by atoms with Crippen LogP contribution in [0.3, 0.4) is 0 Å². The highest BCUT2D eigenvalue weighted by atomic mass is 16.6. The van der Waals surface area contributed by atoms with Crippen LogP contribution in [-0.2, 0) is 0 Å². The van der Waals surface area contributed by atoms with E-state index in [4.69, 9.17) is 10.5 Å². The second-order valence-corrected chi connectivity index (χ2v) is 5.23. The van der Waals surface area contributed by atoms with Crippen LogP contribution in [0.1, 0.15) is 35.3 Å². The Hall–Kier alpha value is -3.09. The summed E-state index contributed by atoms with van der Waals surface area (Å²) in [5, 5.41) is 14.4. The van der Waals surface area contributed by atoms with E-state index in [-0.39, 0.29) is 17.3 Å². The molecule has 0 heterocycles. The highest BCUT2D eigenvalue weighted by Gasteiger charge is 2.19. The first kappa shape index (κ1) is 17.3. The maximum absolute atomic E-state index is 11.3. The van der Waals surface area contributed by atoms with Gasteiger partial charge in [0.1, 0.15) is 11.4 Å². The quantitative estimate of drug-likeness (QED) is 0.599. The molecule has 2 aromatic carbocycles. The van der Waals surface area contributed by atoms with Crippen molar-refractivity contribution in [2.24, 2.45) is 5.73 Å². The van der Waals surface area contributed by atoms with E-state index in [0.717, 1.165) is 17.7 Å². The second kappa shape index (κ2) is 7.45. The minimum absolute atomic E-state index is 0.102. The Bertz CT molecular complexity index is 744. The van der Waals surface area contributed by atoms with Crippen LogP contribution in [0.25, 0.3) is 0 Å². The van der Waals surface area contributed by atoms with E-state index in [0.29, 0.717) is 5.69 Å². The van der Waals surface area contributed by atoms with E-state index in [1.807, 2.05) is 31.2 Å². The maximum atomic E-state index is 11.3. The number of benzene rings is 2. The standard InChI is InChI=1S/C17H19N3O4/c1-3-14(11-4-7-13(24-2)8-5-11)19-15-9-6-12(17(18)21)10-16(15)20(22)23/h4-10,14,19H,3H2,1-2H3,(H2,18,21). The maximum Gasteiger partial charge on any atom is 0.293 e. The van der Waals surface area contributed by atoms with E-state index in [1.54, 1.807) is 7.11 Å². The zero-order valence-corrected chi connectivity index (χ0v) is 13.5. The Balaban J connectivity index is 2.32. The highest BCUT2D eigenvalue weighted by Crippen LogP contribution is 2.31. The van der Waals surface area contributed by atoms with Gasteiger partial charge in [0, 0.05) is 11.6 Å². The average Bonchev–Trinajstić information content (AvgIpc) is 2.59. The largest absolute Gasteiger partial charge is 0.497 e. The Morgan fingerprint density at radius 1 is 1.29 bits per heavy atom. The molecule has 2 aromatic rings. The lowest BCUT2D eigenvalue weighted by molar-refractivity contribution is -0.384. The van der Waals surface area contributed by atoms with Crippen molar-refractivity contribution in [2.75, 3.05) is 12.4 Å². The fourth-order valence-electron chi connectivity index (χ4n) is 2.40. The number of hydrogen-bond donors (Lipinski definition) is 2. The number of anilines is 1. The SMILES string of the molecule is CCC(Nc1ccc(C(N)=O)cc1[N+](=O)[O-])c1ccc(OC)cc1. The van der Waals surface area contributed by atoms with Gasteiger partial charge in [-0.15, -0.1) is 0 Å². The minimum Gasteiger partial charge on any atom is -0.497 e. The van der Waals surface area contributed by atoms with E-state index in [9.17, 15) is 14.9 Å². The molecule has 0 saturated carbocycles. The molecule has 0 aliphatic carbocycles. The van der Waals surface area contributed by atoms with E-state index < -0.39 is 10.8 Å². The van der Waals surface area contributed by atoms with Gasteiger partial charge in [0.2, 0.25) is 5.91 Å². The van der Waals surface area contributed by atoms with Gasteiger partial charge in [0.15, 0.2) is 0 Å². The van der Waals surface area contributed by atoms with Crippen LogP contribution in [0.2, 0.25) is 0 Å². The number of ether oxygens (including phenoxy) is 1. The van der Waals surface area contributed by atoms with Crippen LogP contribution in [0.4, 0.5) is 11.4 Å². The lowest BCUT2D eigenvalue weighted by Crippen LogP contribution is -2.14. The van der Waals surface area contributed by atoms with E-state index >= 15 is 0 Å². The summed E-state index contributed by atoms with van der Waals surface area (Å²) in [6, 6.07) is 11.5. The van der Waals surface area contributed by atoms with Crippen LogP contribution in [0, 0.1) is 10.1 Å². The fraction of sp³-hybridized carbons (Fsp3) is 0.235. The fourth-order valence-corrected chi connectivity index (χ4v) is 2.40. The third kappa shape index (κ3) is 3.81. The topological polar surface area (TPSA) is 107 Å². The Morgan fingerprint density at radius 3 is 2.46 bits per heavy atom. The summed E-state index contributed by atoms with van der Waals surface area (Å²) >= 11 is 0. The summed E-state index contributed by atoms with van der Waals surface area (Å²) < 4.78 is 5.13. The number of primary amides is 1. The number of nitro groups is 1. The lowest BCUT2D eigenvalue weighted by atomic mass is 10.0. The summed E-state index contributed by atoms with van der Waals surface area (Å²) in [4.78, 5) is 22.0. The Kier molecular flexibility index (Phi) is 5.36. The van der Waals surface area contributed by atoms with Crippen LogP contribution in [0.15, 0.2) is 42.5 Å². The van der Waals surface area contributed by atoms with Crippen LogP contribution < -0.4 is 15.8 Å². The van der Waals surface area contributed by atoms with Crippen molar-refractivity contribution in [3.8, 4) is 5.75 Å². The first-order valence-corrected chi connectivity index (χ1v) is 7.45. The van der Waals surface area contributed by atoms with Gasteiger partial charge in [-0.05, 0) is 36.2 Å². The first-order valence-electron chi connectivity index (χ1n) is 7.45. The molecular weight excluding hydrogens is 310 g/mol. The van der Waals surface area contributed by atoms with E-state index in [2.05, 4.69) is 5.32 Å². The van der Waals surface area contributed by atoms with E-state index in [1.165, 1.54) is 18.2 Å². The number of amides is 1. The molecule has 0 aliphatic rings. The smallest absolute Gasteiger partial charge is 0.293 e. The van der Waals surface area contributed by atoms with Gasteiger partial charge in [0.25, 0.3) is 5.69 Å². The first-order chi connectivity index (χ1) is 11.5. The summed E-state index contributed by atoms with van der Waals surface area (Å²) in [5.41, 5.74) is 6.42. The predicted octanol–water partition coefficient (Wildman–Crippen LogP) is 3.27. The molecule has 1 unspecified atom stereocenters. The number of nitrogens with one attached hydrogen (secondary N) is 1. The average molecular weight is 329 g/mol. The van der Waals surface area contributed by atoms with Crippen LogP contribution in [0.5, 0.6) is 5.75 Å². The zero-order chi connectivity index (χ0) is 17.7. The van der Waals surface area contributed by atoms with Crippen LogP contribution >= 0.6 is 0 Å². The molecular formula is C17H19N3O4. The van der Waals surface area contributed by atoms with Gasteiger partial charge < -0.3 is 15.8 Å². The molecule has 0 aliphatic heterocycles. The Morgan fingerprint density at radius 2 is 1.96 bits per heavy atom. The minimum atomic E-state index is -0.702. The van der Waals surface area contributed by atoms with Crippen molar-refractivity contribution in [3.63, 3.8) is 0 Å². The summed E-state index contributed by atoms with van der Waals surface area (Å²) in [7, 11) is 1.59. The van der Waals surface area contributed by atoms with Gasteiger partial charge in [-0.2, -0.15) is 0 Å². The van der Waals surface area contributed by atoms with Gasteiger partial charge in [-0.1, -0.05) is 19.1 Å². The third-order valence-electron chi connectivity index (χ3n) is 3.74. The number of nitrogens with zero attached hydrogens (tertiary/aromatic N) is 1. The monoisotopic (exact) mass is 329 g/mol. The number of methoxy groups -OCH3 is 1. The third-order valence-corrected chi connectivity index (χ3v) is 3.74. The normalized spacial score (nSPS) is 11.6. The van der Waals surface area contributed by atoms with Crippen molar-refractivity contribution in [1.29, 1.82) is 0 Å². The van der Waals surface area contributed by atoms with Crippen molar-refractivity contribution < 1.29 is 14.5 Å². The van der Waals surface area contributed by atoms with Gasteiger partial charge in [-0.3, -0.25) is 14.9 Å². The molecule has 7 heteroatoms. The van der Waals surface area contributed by atoms with Crippen molar-refractivity contribution >= 4 is 17.3 Å². The van der Waals surface area contributed by atoms with Crippen molar-refractivity contribution in [1.82, 2.24) is 0 Å². The number of carbonyl (C=O) groups is 1. The number of nitro benzene ring substituents is 1. The van der Waals surface area contributed by atoms with Crippen molar-refractivity contribution in [2.45, 2.75) is 19.4 Å². The molecule has 0 saturated heterocycles. The summed E-state index contributed by atoms with van der Waals surface area (Å²) in [6.45, 7) is 1.98. The molecule has 2 rings (SSSR count). The second-order valence-electron chi connectivity index (χ2n) is 5.23. The molecule has 24 heavy (non-hydrogen) atoms. The lowest BCUT2D eigenvalue weighted by Gasteiger charge is -2.19. The van der Waals surface area contributed by atoms with Crippen LogP contribution in [-0.4, -0.2) is 17.9 Å². The molecule has 0 fully saturated rings. The highest BCUT2D eigenvalue weighted by molar-refractivity contribution is 5.94. The number of rotatable bonds is 7. The summed E-state index contributed by atoms with van der Waals surface area (Å²) in [5.74, 6) is 0.0391.